The van der Waals surface area contributed by atoms with E-state index in [4.69, 9.17) is 16.9 Å². The third-order valence-electron chi connectivity index (χ3n) is 3.51. The number of imidazole rings is 1. The first-order valence-electron chi connectivity index (χ1n) is 7.19. The molecule has 2 heterocycles. The van der Waals surface area contributed by atoms with Crippen LogP contribution < -0.4 is 0 Å². The SMILES string of the molecule is N#CCCCn1c(Cc2ccccc2)nc2cc(Cl)cnc21. The summed E-state index contributed by atoms with van der Waals surface area (Å²) in [5.74, 6) is 0.953. The maximum absolute atomic E-state index is 8.74. The van der Waals surface area contributed by atoms with Crippen LogP contribution in [0.15, 0.2) is 42.6 Å². The van der Waals surface area contributed by atoms with Crippen LogP contribution in [0, 0.1) is 11.3 Å². The molecule has 0 unspecified atom stereocenters. The number of hydrogen-bond acceptors (Lipinski definition) is 3. The van der Waals surface area contributed by atoms with Crippen molar-refractivity contribution in [2.24, 2.45) is 0 Å². The number of nitriles is 1. The zero-order valence-electron chi connectivity index (χ0n) is 12.0. The number of aryl methyl sites for hydroxylation is 1. The quantitative estimate of drug-likeness (QED) is 0.670. The van der Waals surface area contributed by atoms with Crippen molar-refractivity contribution in [3.05, 3.63) is 59.0 Å². The Balaban J connectivity index is 1.99. The molecule has 0 atom stereocenters. The summed E-state index contributed by atoms with van der Waals surface area (Å²) in [6.07, 6.45) is 3.69. The fourth-order valence-corrected chi connectivity index (χ4v) is 2.65. The number of rotatable bonds is 5. The van der Waals surface area contributed by atoms with Crippen LogP contribution >= 0.6 is 11.6 Å². The van der Waals surface area contributed by atoms with E-state index in [0.717, 1.165) is 36.4 Å². The molecule has 0 fully saturated rings. The molecule has 22 heavy (non-hydrogen) atoms. The molecule has 4 nitrogen and oxygen atoms in total. The highest BCUT2D eigenvalue weighted by molar-refractivity contribution is 6.31. The van der Waals surface area contributed by atoms with E-state index in [1.54, 1.807) is 6.20 Å². The minimum atomic E-state index is 0.526. The largest absolute Gasteiger partial charge is 0.312 e. The highest BCUT2D eigenvalue weighted by Gasteiger charge is 2.12. The number of pyridine rings is 1. The van der Waals surface area contributed by atoms with E-state index >= 15 is 0 Å². The highest BCUT2D eigenvalue weighted by Crippen LogP contribution is 2.20. The van der Waals surface area contributed by atoms with Gasteiger partial charge in [-0.3, -0.25) is 0 Å². The van der Waals surface area contributed by atoms with E-state index in [2.05, 4.69) is 32.7 Å². The second kappa shape index (κ2) is 6.59. The Kier molecular flexibility index (Phi) is 4.36. The molecule has 0 bridgehead atoms. The number of halogens is 1. The first kappa shape index (κ1) is 14.6. The Morgan fingerprint density at radius 1 is 1.23 bits per heavy atom. The van der Waals surface area contributed by atoms with Gasteiger partial charge in [0.15, 0.2) is 5.65 Å². The molecular formula is C17H15ClN4. The van der Waals surface area contributed by atoms with Crippen LogP contribution in [0.2, 0.25) is 5.02 Å². The number of nitrogens with zero attached hydrogens (tertiary/aromatic N) is 4. The van der Waals surface area contributed by atoms with E-state index in [1.165, 1.54) is 5.56 Å². The molecule has 0 aliphatic rings. The summed E-state index contributed by atoms with van der Waals surface area (Å²) in [6, 6.07) is 14.2. The smallest absolute Gasteiger partial charge is 0.160 e. The lowest BCUT2D eigenvalue weighted by Crippen LogP contribution is -2.05. The maximum Gasteiger partial charge on any atom is 0.160 e. The minimum absolute atomic E-state index is 0.526. The predicted molar refractivity (Wildman–Crippen MR) is 86.6 cm³/mol. The summed E-state index contributed by atoms with van der Waals surface area (Å²) in [5.41, 5.74) is 2.83. The third kappa shape index (κ3) is 3.10. The zero-order chi connectivity index (χ0) is 15.4. The number of hydrogen-bond donors (Lipinski definition) is 0. The summed E-state index contributed by atoms with van der Waals surface area (Å²) in [7, 11) is 0. The van der Waals surface area contributed by atoms with E-state index in [-0.39, 0.29) is 0 Å². The van der Waals surface area contributed by atoms with E-state index in [0.29, 0.717) is 11.4 Å². The molecule has 0 saturated carbocycles. The third-order valence-corrected chi connectivity index (χ3v) is 3.71. The standard InChI is InChI=1S/C17H15ClN4/c18-14-11-15-17(20-12-14)22(9-5-4-8-19)16(21-15)10-13-6-2-1-3-7-13/h1-3,6-7,11-12H,4-5,9-10H2. The molecule has 0 spiro atoms. The van der Waals surface area contributed by atoms with Crippen molar-refractivity contribution in [1.29, 1.82) is 5.26 Å². The normalized spacial score (nSPS) is 10.7. The van der Waals surface area contributed by atoms with Gasteiger partial charge in [0.25, 0.3) is 0 Å². The molecule has 5 heteroatoms. The van der Waals surface area contributed by atoms with E-state index in [1.807, 2.05) is 24.3 Å². The Morgan fingerprint density at radius 3 is 2.82 bits per heavy atom. The highest BCUT2D eigenvalue weighted by atomic mass is 35.5. The zero-order valence-corrected chi connectivity index (χ0v) is 12.8. The topological polar surface area (TPSA) is 54.5 Å². The van der Waals surface area contributed by atoms with Crippen LogP contribution in [0.25, 0.3) is 11.2 Å². The molecule has 2 aromatic heterocycles. The molecule has 0 N–H and O–H groups in total. The summed E-state index contributed by atoms with van der Waals surface area (Å²) in [6.45, 7) is 0.737. The molecule has 3 aromatic rings. The van der Waals surface area contributed by atoms with Crippen LogP contribution in [0.5, 0.6) is 0 Å². The Hall–Kier alpha value is -2.38. The lowest BCUT2D eigenvalue weighted by Gasteiger charge is -2.07. The van der Waals surface area contributed by atoms with Crippen molar-refractivity contribution in [3.8, 4) is 6.07 Å². The Bertz CT molecular complexity index is 818. The predicted octanol–water partition coefficient (Wildman–Crippen LogP) is 3.98. The average Bonchev–Trinajstić information content (AvgIpc) is 2.85. The molecule has 110 valence electrons. The fraction of sp³-hybridized carbons (Fsp3) is 0.235. The molecule has 1 aromatic carbocycles. The van der Waals surface area contributed by atoms with Crippen LogP contribution in [0.4, 0.5) is 0 Å². The number of aromatic nitrogens is 3. The monoisotopic (exact) mass is 310 g/mol. The average molecular weight is 311 g/mol. The first-order valence-corrected chi connectivity index (χ1v) is 7.57. The van der Waals surface area contributed by atoms with Gasteiger partial charge in [-0.1, -0.05) is 41.9 Å². The van der Waals surface area contributed by atoms with Crippen molar-refractivity contribution in [2.45, 2.75) is 25.8 Å². The first-order chi connectivity index (χ1) is 10.8. The molecule has 0 aliphatic heterocycles. The summed E-state index contributed by atoms with van der Waals surface area (Å²) < 4.78 is 2.09. The van der Waals surface area contributed by atoms with Gasteiger partial charge in [-0.05, 0) is 18.1 Å². The molecule has 0 amide bonds. The van der Waals surface area contributed by atoms with Gasteiger partial charge >= 0.3 is 0 Å². The van der Waals surface area contributed by atoms with Gasteiger partial charge in [-0.25, -0.2) is 9.97 Å². The van der Waals surface area contributed by atoms with Crippen molar-refractivity contribution in [3.63, 3.8) is 0 Å². The van der Waals surface area contributed by atoms with Crippen LogP contribution in [0.3, 0.4) is 0 Å². The van der Waals surface area contributed by atoms with E-state index < -0.39 is 0 Å². The lowest BCUT2D eigenvalue weighted by atomic mass is 10.1. The van der Waals surface area contributed by atoms with Crippen molar-refractivity contribution >= 4 is 22.8 Å². The Labute approximate surface area is 134 Å². The van der Waals surface area contributed by atoms with Crippen molar-refractivity contribution in [2.75, 3.05) is 0 Å². The molecular weight excluding hydrogens is 296 g/mol. The molecule has 0 saturated heterocycles. The molecule has 0 aliphatic carbocycles. The number of benzene rings is 1. The van der Waals surface area contributed by atoms with Crippen LogP contribution in [0.1, 0.15) is 24.2 Å². The fourth-order valence-electron chi connectivity index (χ4n) is 2.50. The van der Waals surface area contributed by atoms with Gasteiger partial charge in [0, 0.05) is 25.6 Å². The van der Waals surface area contributed by atoms with E-state index in [9.17, 15) is 0 Å². The van der Waals surface area contributed by atoms with Gasteiger partial charge in [0.2, 0.25) is 0 Å². The maximum atomic E-state index is 8.74. The molecule has 0 radical (unpaired) electrons. The second-order valence-electron chi connectivity index (χ2n) is 5.10. The summed E-state index contributed by atoms with van der Waals surface area (Å²) in [4.78, 5) is 9.09. The van der Waals surface area contributed by atoms with Gasteiger partial charge in [0.05, 0.1) is 11.1 Å². The number of unbranched alkanes of at least 4 members (excludes halogenated alkanes) is 1. The van der Waals surface area contributed by atoms with Gasteiger partial charge in [0.1, 0.15) is 11.3 Å². The molecule has 3 rings (SSSR count). The van der Waals surface area contributed by atoms with Gasteiger partial charge < -0.3 is 4.57 Å². The summed E-state index contributed by atoms with van der Waals surface area (Å²) >= 11 is 6.01. The van der Waals surface area contributed by atoms with Crippen molar-refractivity contribution in [1.82, 2.24) is 14.5 Å². The number of fused-ring (bicyclic) bond motifs is 1. The second-order valence-corrected chi connectivity index (χ2v) is 5.54. The minimum Gasteiger partial charge on any atom is -0.312 e. The van der Waals surface area contributed by atoms with Gasteiger partial charge in [-0.15, -0.1) is 0 Å². The van der Waals surface area contributed by atoms with Crippen molar-refractivity contribution < 1.29 is 0 Å². The van der Waals surface area contributed by atoms with Crippen LogP contribution in [-0.2, 0) is 13.0 Å². The lowest BCUT2D eigenvalue weighted by molar-refractivity contribution is 0.637. The van der Waals surface area contributed by atoms with Gasteiger partial charge in [-0.2, -0.15) is 5.26 Å². The van der Waals surface area contributed by atoms with Crippen LogP contribution in [-0.4, -0.2) is 14.5 Å². The summed E-state index contributed by atoms with van der Waals surface area (Å²) in [5, 5.41) is 9.32. The Morgan fingerprint density at radius 2 is 2.05 bits per heavy atom.